The Labute approximate surface area is 101 Å². The van der Waals surface area contributed by atoms with Crippen LogP contribution in [-0.2, 0) is 15.6 Å². The van der Waals surface area contributed by atoms with Crippen molar-refractivity contribution in [2.24, 2.45) is 0 Å². The van der Waals surface area contributed by atoms with Gasteiger partial charge in [-0.15, -0.1) is 0 Å². The van der Waals surface area contributed by atoms with Gasteiger partial charge in [-0.1, -0.05) is 0 Å². The van der Waals surface area contributed by atoms with Gasteiger partial charge in [-0.3, -0.25) is 9.13 Å². The summed E-state index contributed by atoms with van der Waals surface area (Å²) in [6, 6.07) is 0. The van der Waals surface area contributed by atoms with Crippen LogP contribution in [0.1, 0.15) is 5.69 Å². The molecule has 1 aromatic rings. The third kappa shape index (κ3) is 2.65. The lowest BCUT2D eigenvalue weighted by molar-refractivity contribution is 0.129. The topological polar surface area (TPSA) is 171 Å². The first-order valence-electron chi connectivity index (χ1n) is 4.33. The Morgan fingerprint density at radius 1 is 1.33 bits per heavy atom. The Morgan fingerprint density at radius 3 is 2.22 bits per heavy atom. The summed E-state index contributed by atoms with van der Waals surface area (Å²) in [5, 5.41) is 6.03. The molecule has 5 N–H and O–H groups in total. The first-order chi connectivity index (χ1) is 8.03. The molecular weight excluding hydrogens is 292 g/mol. The highest BCUT2D eigenvalue weighted by molar-refractivity contribution is 7.72. The average molecular weight is 303 g/mol. The first-order valence-corrected chi connectivity index (χ1v) is 7.55. The number of methoxy groups -OCH3 is 1. The minimum absolute atomic E-state index is 0.310. The van der Waals surface area contributed by atoms with Crippen LogP contribution in [0.25, 0.3) is 0 Å². The van der Waals surface area contributed by atoms with E-state index in [1.165, 1.54) is 0 Å². The van der Waals surface area contributed by atoms with Gasteiger partial charge in [-0.2, -0.15) is 0 Å². The SMILES string of the molecule is COc1ocnc1CC(O)(P(=O)(O)O)P(=O)(O)O. The zero-order chi connectivity index (χ0) is 14.2. The fraction of sp³-hybridized carbons (Fsp3) is 0.500. The molecule has 0 bridgehead atoms. The third-order valence-corrected chi connectivity index (χ3v) is 5.87. The van der Waals surface area contributed by atoms with E-state index in [9.17, 15) is 14.2 Å². The third-order valence-electron chi connectivity index (χ3n) is 2.13. The number of aliphatic hydroxyl groups is 1. The Hall–Kier alpha value is -0.730. The highest BCUT2D eigenvalue weighted by Crippen LogP contribution is 2.68. The number of ether oxygens (including phenoxy) is 1. The van der Waals surface area contributed by atoms with Crippen LogP contribution >= 0.6 is 15.2 Å². The van der Waals surface area contributed by atoms with Gasteiger partial charge in [-0.05, 0) is 0 Å². The van der Waals surface area contributed by atoms with Gasteiger partial charge < -0.3 is 33.8 Å². The Kier molecular flexibility index (Phi) is 4.04. The van der Waals surface area contributed by atoms with Crippen LogP contribution in [0.5, 0.6) is 5.95 Å². The second-order valence-electron chi connectivity index (χ2n) is 3.33. The normalized spacial score (nSPS) is 13.7. The van der Waals surface area contributed by atoms with E-state index in [0.29, 0.717) is 0 Å². The summed E-state index contributed by atoms with van der Waals surface area (Å²) in [7, 11) is -9.90. The molecule has 0 amide bonds. The van der Waals surface area contributed by atoms with Gasteiger partial charge in [-0.25, -0.2) is 4.98 Å². The monoisotopic (exact) mass is 303 g/mol. The van der Waals surface area contributed by atoms with Crippen molar-refractivity contribution in [3.63, 3.8) is 0 Å². The number of aromatic nitrogens is 1. The van der Waals surface area contributed by atoms with Crippen molar-refractivity contribution in [1.82, 2.24) is 4.98 Å². The summed E-state index contributed by atoms with van der Waals surface area (Å²) < 4.78 is 31.4. The maximum absolute atomic E-state index is 11.1. The molecule has 0 aliphatic carbocycles. The molecule has 1 heterocycles. The van der Waals surface area contributed by atoms with Crippen LogP contribution in [0.2, 0.25) is 0 Å². The van der Waals surface area contributed by atoms with E-state index in [2.05, 4.69) is 14.1 Å². The van der Waals surface area contributed by atoms with Crippen molar-refractivity contribution >= 4 is 15.2 Å². The maximum atomic E-state index is 11.1. The van der Waals surface area contributed by atoms with Crippen LogP contribution in [0.15, 0.2) is 10.8 Å². The summed E-state index contributed by atoms with van der Waals surface area (Å²) >= 11 is 0. The molecule has 0 atom stereocenters. The summed E-state index contributed by atoms with van der Waals surface area (Å²) in [6.45, 7) is 0. The lowest BCUT2D eigenvalue weighted by Gasteiger charge is -2.28. The van der Waals surface area contributed by atoms with Crippen molar-refractivity contribution in [3.05, 3.63) is 12.1 Å². The Bertz CT molecular complexity index is 491. The minimum Gasteiger partial charge on any atom is -0.467 e. The molecule has 1 rings (SSSR count). The smallest absolute Gasteiger partial charge is 0.369 e. The van der Waals surface area contributed by atoms with E-state index >= 15 is 0 Å². The highest BCUT2D eigenvalue weighted by atomic mass is 31.2. The molecule has 0 aromatic carbocycles. The lowest BCUT2D eigenvalue weighted by atomic mass is 10.3. The molecular formula is C6H11NO9P2. The molecule has 0 saturated heterocycles. The van der Waals surface area contributed by atoms with Crippen molar-refractivity contribution < 1.29 is 43.0 Å². The van der Waals surface area contributed by atoms with E-state index in [1.54, 1.807) is 0 Å². The van der Waals surface area contributed by atoms with E-state index in [4.69, 9.17) is 19.6 Å². The molecule has 0 aliphatic rings. The average Bonchev–Trinajstić information content (AvgIpc) is 2.61. The summed E-state index contributed by atoms with van der Waals surface area (Å²) in [5.74, 6) is -0.310. The molecule has 0 aliphatic heterocycles. The highest BCUT2D eigenvalue weighted by Gasteiger charge is 2.60. The summed E-state index contributed by atoms with van der Waals surface area (Å²) in [6.07, 6.45) is -0.283. The summed E-state index contributed by atoms with van der Waals surface area (Å²) in [5.41, 5.74) is -0.327. The predicted octanol–water partition coefficient (Wildman–Crippen LogP) is -0.773. The molecule has 0 spiro atoms. The number of rotatable bonds is 5. The molecule has 0 unspecified atom stereocenters. The van der Waals surface area contributed by atoms with Crippen molar-refractivity contribution in [3.8, 4) is 5.95 Å². The van der Waals surface area contributed by atoms with Gasteiger partial charge in [0, 0.05) is 6.42 Å². The first kappa shape index (κ1) is 15.3. The summed E-state index contributed by atoms with van der Waals surface area (Å²) in [4.78, 5) is 39.1. The van der Waals surface area contributed by atoms with E-state index in [0.717, 1.165) is 13.5 Å². The maximum Gasteiger partial charge on any atom is 0.369 e. The van der Waals surface area contributed by atoms with Crippen molar-refractivity contribution in [2.45, 2.75) is 11.5 Å². The van der Waals surface area contributed by atoms with Gasteiger partial charge in [0.1, 0.15) is 5.69 Å². The second kappa shape index (κ2) is 4.75. The van der Waals surface area contributed by atoms with Crippen LogP contribution < -0.4 is 4.74 Å². The standard InChI is InChI=1S/C6H11NO9P2/c1-15-5-4(7-3-16-5)2-6(8,17(9,10)11)18(12,13)14/h3,8H,2H2,1H3,(H2,9,10,11)(H2,12,13,14). The van der Waals surface area contributed by atoms with Crippen LogP contribution in [-0.4, -0.2) is 41.9 Å². The van der Waals surface area contributed by atoms with Gasteiger partial charge in [0.2, 0.25) is 0 Å². The van der Waals surface area contributed by atoms with E-state index in [-0.39, 0.29) is 11.6 Å². The van der Waals surface area contributed by atoms with Gasteiger partial charge in [0.05, 0.1) is 7.11 Å². The quantitative estimate of drug-likeness (QED) is 0.435. The van der Waals surface area contributed by atoms with E-state index < -0.39 is 26.7 Å². The molecule has 1 aromatic heterocycles. The molecule has 104 valence electrons. The Balaban J connectivity index is 3.25. The number of hydrogen-bond donors (Lipinski definition) is 5. The van der Waals surface area contributed by atoms with Gasteiger partial charge >= 0.3 is 21.1 Å². The van der Waals surface area contributed by atoms with Crippen molar-refractivity contribution in [1.29, 1.82) is 0 Å². The molecule has 0 fully saturated rings. The zero-order valence-corrected chi connectivity index (χ0v) is 10.8. The van der Waals surface area contributed by atoms with Crippen LogP contribution in [0.3, 0.4) is 0 Å². The largest absolute Gasteiger partial charge is 0.467 e. The van der Waals surface area contributed by atoms with E-state index in [1.807, 2.05) is 0 Å². The molecule has 12 heteroatoms. The second-order valence-corrected chi connectivity index (χ2v) is 7.34. The molecule has 0 radical (unpaired) electrons. The van der Waals surface area contributed by atoms with Crippen LogP contribution in [0, 0.1) is 0 Å². The predicted molar refractivity (Wildman–Crippen MR) is 55.8 cm³/mol. The lowest BCUT2D eigenvalue weighted by Crippen LogP contribution is -2.31. The number of hydrogen-bond acceptors (Lipinski definition) is 6. The Morgan fingerprint density at radius 2 is 1.83 bits per heavy atom. The van der Waals surface area contributed by atoms with Gasteiger partial charge in [0.25, 0.3) is 5.08 Å². The molecule has 10 nitrogen and oxygen atoms in total. The molecule has 18 heavy (non-hydrogen) atoms. The number of nitrogens with zero attached hydrogens (tertiary/aromatic N) is 1. The molecule has 0 saturated carbocycles. The minimum atomic E-state index is -5.53. The zero-order valence-electron chi connectivity index (χ0n) is 9.00. The number of oxazole rings is 1. The van der Waals surface area contributed by atoms with Crippen molar-refractivity contribution in [2.75, 3.05) is 7.11 Å². The fourth-order valence-electron chi connectivity index (χ4n) is 1.14. The fourth-order valence-corrected chi connectivity index (χ4v) is 3.21. The van der Waals surface area contributed by atoms with Gasteiger partial charge in [0.15, 0.2) is 6.39 Å². The van der Waals surface area contributed by atoms with Crippen LogP contribution in [0.4, 0.5) is 0 Å².